The third kappa shape index (κ3) is 11.5. The molecule has 0 aliphatic carbocycles. The second-order valence-corrected chi connectivity index (χ2v) is 7.80. The molecular formula is C21H43N. The van der Waals surface area contributed by atoms with Crippen LogP contribution in [-0.4, -0.2) is 25.0 Å². The summed E-state index contributed by atoms with van der Waals surface area (Å²) in [5, 5.41) is 0. The van der Waals surface area contributed by atoms with E-state index in [2.05, 4.69) is 18.9 Å². The van der Waals surface area contributed by atoms with E-state index in [-0.39, 0.29) is 0 Å². The Kier molecular flexibility index (Phi) is 13.2. The Morgan fingerprint density at radius 2 is 1.14 bits per heavy atom. The van der Waals surface area contributed by atoms with Gasteiger partial charge in [0.25, 0.3) is 0 Å². The molecule has 0 aromatic carbocycles. The second kappa shape index (κ2) is 14.5. The van der Waals surface area contributed by atoms with E-state index in [1.54, 1.807) is 0 Å². The Morgan fingerprint density at radius 3 is 1.55 bits per heavy atom. The van der Waals surface area contributed by atoms with Crippen molar-refractivity contribution < 1.29 is 0 Å². The Morgan fingerprint density at radius 1 is 0.682 bits per heavy atom. The molecule has 0 N–H and O–H groups in total. The highest BCUT2D eigenvalue weighted by Gasteiger charge is 2.18. The summed E-state index contributed by atoms with van der Waals surface area (Å²) in [4.78, 5) is 2.49. The van der Waals surface area contributed by atoms with Gasteiger partial charge in [-0.05, 0) is 32.4 Å². The zero-order chi connectivity index (χ0) is 15.9. The van der Waals surface area contributed by atoms with Crippen LogP contribution in [0, 0.1) is 5.92 Å². The van der Waals surface area contributed by atoms with E-state index in [0.717, 1.165) is 5.92 Å². The first-order chi connectivity index (χ1) is 10.8. The maximum absolute atomic E-state index is 2.49. The van der Waals surface area contributed by atoms with Crippen molar-refractivity contribution in [2.45, 2.75) is 110 Å². The smallest absolute Gasteiger partial charge is 0.000708 e. The average Bonchev–Trinajstić information content (AvgIpc) is 2.93. The molecule has 1 heterocycles. The Bertz CT molecular complexity index is 226. The van der Waals surface area contributed by atoms with Gasteiger partial charge in [0.1, 0.15) is 0 Å². The molecule has 0 bridgehead atoms. The number of nitrogens with zero attached hydrogens (tertiary/aromatic N) is 1. The molecule has 0 spiro atoms. The second-order valence-electron chi connectivity index (χ2n) is 7.80. The van der Waals surface area contributed by atoms with Gasteiger partial charge in [0.15, 0.2) is 0 Å². The molecule has 1 fully saturated rings. The summed E-state index contributed by atoms with van der Waals surface area (Å²) in [6, 6.07) is 0. The van der Waals surface area contributed by atoms with Crippen LogP contribution in [0.4, 0.5) is 0 Å². The standard InChI is InChI=1S/C21H43N/c1-3-4-5-6-7-8-9-10-11-12-13-14-15-16-17-21-18-19-22(2)20-21/h21H,3-20H2,1-2H3. The predicted octanol–water partition coefficient (Wildman–Crippen LogP) is 6.81. The van der Waals surface area contributed by atoms with Crippen LogP contribution in [0.2, 0.25) is 0 Å². The molecule has 0 radical (unpaired) electrons. The van der Waals surface area contributed by atoms with Gasteiger partial charge in [0.2, 0.25) is 0 Å². The van der Waals surface area contributed by atoms with Crippen LogP contribution in [0.1, 0.15) is 110 Å². The van der Waals surface area contributed by atoms with Crippen LogP contribution < -0.4 is 0 Å². The number of hydrogen-bond acceptors (Lipinski definition) is 1. The lowest BCUT2D eigenvalue weighted by atomic mass is 9.99. The molecule has 1 unspecified atom stereocenters. The van der Waals surface area contributed by atoms with Crippen LogP contribution in [0.3, 0.4) is 0 Å². The quantitative estimate of drug-likeness (QED) is 0.300. The first kappa shape index (κ1) is 20.0. The van der Waals surface area contributed by atoms with Crippen molar-refractivity contribution in [3.05, 3.63) is 0 Å². The fraction of sp³-hybridized carbons (Fsp3) is 1.00. The van der Waals surface area contributed by atoms with E-state index in [4.69, 9.17) is 0 Å². The molecule has 0 amide bonds. The normalized spacial score (nSPS) is 19.1. The zero-order valence-electron chi connectivity index (χ0n) is 15.8. The lowest BCUT2D eigenvalue weighted by Gasteiger charge is -2.09. The fourth-order valence-corrected chi connectivity index (χ4v) is 3.89. The third-order valence-corrected chi connectivity index (χ3v) is 5.45. The van der Waals surface area contributed by atoms with E-state index >= 15 is 0 Å². The van der Waals surface area contributed by atoms with E-state index in [9.17, 15) is 0 Å². The summed E-state index contributed by atoms with van der Waals surface area (Å²) in [7, 11) is 2.27. The van der Waals surface area contributed by atoms with E-state index in [0.29, 0.717) is 0 Å². The topological polar surface area (TPSA) is 3.24 Å². The number of rotatable bonds is 15. The van der Waals surface area contributed by atoms with Gasteiger partial charge in [0.05, 0.1) is 0 Å². The Labute approximate surface area is 141 Å². The summed E-state index contributed by atoms with van der Waals surface area (Å²) >= 11 is 0. The molecule has 132 valence electrons. The molecule has 1 heteroatoms. The van der Waals surface area contributed by atoms with Gasteiger partial charge in [-0.15, -0.1) is 0 Å². The van der Waals surface area contributed by atoms with Gasteiger partial charge in [-0.2, -0.15) is 0 Å². The lowest BCUT2D eigenvalue weighted by Crippen LogP contribution is -2.13. The SMILES string of the molecule is CCCCCCCCCCCCCCCCC1CCN(C)C1. The van der Waals surface area contributed by atoms with E-state index in [1.807, 2.05) is 0 Å². The molecule has 0 saturated carbocycles. The van der Waals surface area contributed by atoms with E-state index in [1.165, 1.54) is 116 Å². The summed E-state index contributed by atoms with van der Waals surface area (Å²) in [5.41, 5.74) is 0. The van der Waals surface area contributed by atoms with Gasteiger partial charge in [-0.25, -0.2) is 0 Å². The minimum Gasteiger partial charge on any atom is -0.306 e. The highest BCUT2D eigenvalue weighted by Crippen LogP contribution is 2.21. The lowest BCUT2D eigenvalue weighted by molar-refractivity contribution is 0.381. The third-order valence-electron chi connectivity index (χ3n) is 5.45. The molecule has 1 rings (SSSR count). The summed E-state index contributed by atoms with van der Waals surface area (Å²) < 4.78 is 0. The van der Waals surface area contributed by atoms with Crippen LogP contribution >= 0.6 is 0 Å². The fourth-order valence-electron chi connectivity index (χ4n) is 3.89. The Hall–Kier alpha value is -0.0400. The first-order valence-electron chi connectivity index (χ1n) is 10.5. The largest absolute Gasteiger partial charge is 0.306 e. The zero-order valence-corrected chi connectivity index (χ0v) is 15.8. The molecule has 1 aliphatic rings. The summed E-state index contributed by atoms with van der Waals surface area (Å²) in [5.74, 6) is 1.02. The highest BCUT2D eigenvalue weighted by molar-refractivity contribution is 4.72. The monoisotopic (exact) mass is 309 g/mol. The van der Waals surface area contributed by atoms with Crippen LogP contribution in [0.5, 0.6) is 0 Å². The first-order valence-corrected chi connectivity index (χ1v) is 10.5. The minimum absolute atomic E-state index is 1.02. The van der Waals surface area contributed by atoms with Crippen LogP contribution in [-0.2, 0) is 0 Å². The number of likely N-dealkylation sites (tertiary alicyclic amines) is 1. The van der Waals surface area contributed by atoms with Crippen LogP contribution in [0.25, 0.3) is 0 Å². The van der Waals surface area contributed by atoms with Crippen LogP contribution in [0.15, 0.2) is 0 Å². The minimum atomic E-state index is 1.02. The number of unbranched alkanes of at least 4 members (excludes halogenated alkanes) is 13. The van der Waals surface area contributed by atoms with Gasteiger partial charge < -0.3 is 4.90 Å². The predicted molar refractivity (Wildman–Crippen MR) is 101 cm³/mol. The Balaban J connectivity index is 1.68. The maximum atomic E-state index is 2.49. The molecule has 1 aliphatic heterocycles. The molecule has 1 saturated heterocycles. The average molecular weight is 310 g/mol. The summed E-state index contributed by atoms with van der Waals surface area (Å²) in [6.07, 6.45) is 23.6. The molecular weight excluding hydrogens is 266 g/mol. The molecule has 22 heavy (non-hydrogen) atoms. The van der Waals surface area contributed by atoms with Gasteiger partial charge in [-0.1, -0.05) is 96.8 Å². The van der Waals surface area contributed by atoms with Crippen molar-refractivity contribution in [3.63, 3.8) is 0 Å². The highest BCUT2D eigenvalue weighted by atomic mass is 15.1. The molecule has 1 atom stereocenters. The molecule has 0 aromatic rings. The van der Waals surface area contributed by atoms with Crippen molar-refractivity contribution in [1.29, 1.82) is 0 Å². The van der Waals surface area contributed by atoms with Gasteiger partial charge in [0, 0.05) is 6.54 Å². The molecule has 0 aromatic heterocycles. The van der Waals surface area contributed by atoms with Gasteiger partial charge in [-0.3, -0.25) is 0 Å². The van der Waals surface area contributed by atoms with Crippen molar-refractivity contribution in [2.75, 3.05) is 20.1 Å². The van der Waals surface area contributed by atoms with Crippen molar-refractivity contribution in [2.24, 2.45) is 5.92 Å². The van der Waals surface area contributed by atoms with Crippen molar-refractivity contribution >= 4 is 0 Å². The van der Waals surface area contributed by atoms with Gasteiger partial charge >= 0.3 is 0 Å². The summed E-state index contributed by atoms with van der Waals surface area (Å²) in [6.45, 7) is 5.00. The maximum Gasteiger partial charge on any atom is 0.000708 e. The van der Waals surface area contributed by atoms with E-state index < -0.39 is 0 Å². The van der Waals surface area contributed by atoms with Crippen molar-refractivity contribution in [3.8, 4) is 0 Å². The van der Waals surface area contributed by atoms with Crippen molar-refractivity contribution in [1.82, 2.24) is 4.90 Å². The molecule has 1 nitrogen and oxygen atoms in total. The number of hydrogen-bond donors (Lipinski definition) is 0.